The van der Waals surface area contributed by atoms with Gasteiger partial charge in [-0.15, -0.1) is 0 Å². The fourth-order valence-electron chi connectivity index (χ4n) is 2.95. The van der Waals surface area contributed by atoms with Gasteiger partial charge in [0, 0.05) is 31.8 Å². The van der Waals surface area contributed by atoms with E-state index >= 15 is 0 Å². The summed E-state index contributed by atoms with van der Waals surface area (Å²) in [6.45, 7) is 5.94. The summed E-state index contributed by atoms with van der Waals surface area (Å²) in [5.41, 5.74) is -0.345. The first-order valence-corrected chi connectivity index (χ1v) is 9.23. The molecule has 0 spiro atoms. The first-order chi connectivity index (χ1) is 12.2. The molecule has 146 valence electrons. The second-order valence-corrected chi connectivity index (χ2v) is 7.74. The molecule has 1 unspecified atom stereocenters. The average Bonchev–Trinajstić information content (AvgIpc) is 3.21. The third-order valence-corrected chi connectivity index (χ3v) is 4.34. The number of hydrogen-bond acceptors (Lipinski definition) is 6. The molecule has 0 radical (unpaired) electrons. The summed E-state index contributed by atoms with van der Waals surface area (Å²) in [5, 5.41) is 15.8. The van der Waals surface area contributed by atoms with Crippen LogP contribution < -0.4 is 5.32 Å². The number of ether oxygens (including phenoxy) is 1. The van der Waals surface area contributed by atoms with Crippen LogP contribution in [0.2, 0.25) is 0 Å². The number of carboxylic acids is 1. The summed E-state index contributed by atoms with van der Waals surface area (Å²) in [7, 11) is 0. The third kappa shape index (κ3) is 6.74. The minimum absolute atomic E-state index is 0.107. The molecule has 1 atom stereocenters. The zero-order valence-electron chi connectivity index (χ0n) is 15.8. The van der Waals surface area contributed by atoms with Gasteiger partial charge < -0.3 is 19.7 Å². The molecule has 8 heteroatoms. The summed E-state index contributed by atoms with van der Waals surface area (Å²) in [5.74, 6) is 0.0807. The van der Waals surface area contributed by atoms with Crippen LogP contribution in [-0.4, -0.2) is 45.4 Å². The lowest BCUT2D eigenvalue weighted by Crippen LogP contribution is -2.42. The van der Waals surface area contributed by atoms with E-state index in [0.717, 1.165) is 18.7 Å². The highest BCUT2D eigenvalue weighted by Gasteiger charge is 2.24. The van der Waals surface area contributed by atoms with Gasteiger partial charge in [-0.2, -0.15) is 4.98 Å². The number of amides is 1. The largest absolute Gasteiger partial charge is 0.480 e. The van der Waals surface area contributed by atoms with Crippen LogP contribution in [0.5, 0.6) is 0 Å². The number of aryl methyl sites for hydroxylation is 1. The van der Waals surface area contributed by atoms with E-state index in [1.807, 2.05) is 20.8 Å². The van der Waals surface area contributed by atoms with Gasteiger partial charge in [0.05, 0.1) is 5.60 Å². The SMILES string of the molecule is CC(C)(C)OCCC(NC(=O)CCc1nc(C2CCCC2)no1)C(=O)O. The molecule has 1 heterocycles. The summed E-state index contributed by atoms with van der Waals surface area (Å²) in [6.07, 6.45) is 5.16. The van der Waals surface area contributed by atoms with Crippen LogP contribution >= 0.6 is 0 Å². The number of carboxylic acid groups (broad SMARTS) is 1. The average molecular weight is 367 g/mol. The molecule has 0 bridgehead atoms. The van der Waals surface area contributed by atoms with Crippen molar-refractivity contribution in [2.45, 2.75) is 83.3 Å². The maximum atomic E-state index is 12.0. The number of rotatable bonds is 9. The Morgan fingerprint density at radius 2 is 2.04 bits per heavy atom. The number of aliphatic carboxylic acids is 1. The van der Waals surface area contributed by atoms with E-state index in [9.17, 15) is 14.7 Å². The number of hydrogen-bond donors (Lipinski definition) is 2. The van der Waals surface area contributed by atoms with E-state index in [1.54, 1.807) is 0 Å². The van der Waals surface area contributed by atoms with Gasteiger partial charge in [0.1, 0.15) is 6.04 Å². The van der Waals surface area contributed by atoms with Crippen molar-refractivity contribution in [1.82, 2.24) is 15.5 Å². The first-order valence-electron chi connectivity index (χ1n) is 9.23. The fourth-order valence-corrected chi connectivity index (χ4v) is 2.95. The molecule has 0 aliphatic heterocycles. The minimum Gasteiger partial charge on any atom is -0.480 e. The molecule has 1 fully saturated rings. The molecule has 8 nitrogen and oxygen atoms in total. The van der Waals surface area contributed by atoms with E-state index in [2.05, 4.69) is 15.5 Å². The van der Waals surface area contributed by atoms with Crippen LogP contribution in [0, 0.1) is 0 Å². The molecule has 1 aromatic rings. The van der Waals surface area contributed by atoms with Gasteiger partial charge in [0.15, 0.2) is 5.82 Å². The molecule has 1 aliphatic rings. The highest BCUT2D eigenvalue weighted by atomic mass is 16.5. The van der Waals surface area contributed by atoms with Gasteiger partial charge in [0.25, 0.3) is 0 Å². The van der Waals surface area contributed by atoms with Crippen molar-refractivity contribution in [1.29, 1.82) is 0 Å². The van der Waals surface area contributed by atoms with Crippen molar-refractivity contribution >= 4 is 11.9 Å². The summed E-state index contributed by atoms with van der Waals surface area (Å²) in [4.78, 5) is 27.7. The lowest BCUT2D eigenvalue weighted by atomic mass is 10.1. The Labute approximate surface area is 153 Å². The molecule has 2 rings (SSSR count). The molecule has 2 N–H and O–H groups in total. The molecule has 26 heavy (non-hydrogen) atoms. The van der Waals surface area contributed by atoms with E-state index in [4.69, 9.17) is 9.26 Å². The fraction of sp³-hybridized carbons (Fsp3) is 0.778. The number of carbonyl (C=O) groups excluding carboxylic acids is 1. The Hall–Kier alpha value is -1.96. The van der Waals surface area contributed by atoms with Crippen molar-refractivity contribution in [3.8, 4) is 0 Å². The van der Waals surface area contributed by atoms with Crippen molar-refractivity contribution in [2.75, 3.05) is 6.61 Å². The topological polar surface area (TPSA) is 115 Å². The van der Waals surface area contributed by atoms with Gasteiger partial charge in [-0.3, -0.25) is 4.79 Å². The predicted octanol–water partition coefficient (Wildman–Crippen LogP) is 2.43. The van der Waals surface area contributed by atoms with Crippen molar-refractivity contribution < 1.29 is 24.0 Å². The Bertz CT molecular complexity index is 602. The Balaban J connectivity index is 1.76. The quantitative estimate of drug-likeness (QED) is 0.689. The van der Waals surface area contributed by atoms with E-state index in [0.29, 0.717) is 18.2 Å². The number of nitrogens with zero attached hydrogens (tertiary/aromatic N) is 2. The molecule has 0 aromatic carbocycles. The van der Waals surface area contributed by atoms with Crippen molar-refractivity contribution in [3.63, 3.8) is 0 Å². The smallest absolute Gasteiger partial charge is 0.326 e. The maximum absolute atomic E-state index is 12.0. The zero-order valence-corrected chi connectivity index (χ0v) is 15.8. The Kier molecular flexibility index (Phi) is 7.14. The summed E-state index contributed by atoms with van der Waals surface area (Å²) >= 11 is 0. The van der Waals surface area contributed by atoms with Crippen LogP contribution in [0.25, 0.3) is 0 Å². The number of nitrogens with one attached hydrogen (secondary N) is 1. The molecule has 0 saturated heterocycles. The van der Waals surface area contributed by atoms with Crippen LogP contribution in [0.1, 0.15) is 76.9 Å². The van der Waals surface area contributed by atoms with Gasteiger partial charge in [0.2, 0.25) is 11.8 Å². The second kappa shape index (κ2) is 9.12. The molecular weight excluding hydrogens is 338 g/mol. The lowest BCUT2D eigenvalue weighted by Gasteiger charge is -2.21. The first kappa shape index (κ1) is 20.4. The van der Waals surface area contributed by atoms with Crippen LogP contribution in [-0.2, 0) is 20.7 Å². The highest BCUT2D eigenvalue weighted by molar-refractivity contribution is 5.83. The predicted molar refractivity (Wildman–Crippen MR) is 93.7 cm³/mol. The second-order valence-electron chi connectivity index (χ2n) is 7.74. The number of aromatic nitrogens is 2. The maximum Gasteiger partial charge on any atom is 0.326 e. The van der Waals surface area contributed by atoms with Gasteiger partial charge >= 0.3 is 5.97 Å². The molecular formula is C18H29N3O5. The normalized spacial score (nSPS) is 16.6. The van der Waals surface area contributed by atoms with E-state index < -0.39 is 12.0 Å². The zero-order chi connectivity index (χ0) is 19.2. The monoisotopic (exact) mass is 367 g/mol. The lowest BCUT2D eigenvalue weighted by molar-refractivity contribution is -0.142. The Morgan fingerprint density at radius 3 is 2.65 bits per heavy atom. The van der Waals surface area contributed by atoms with Gasteiger partial charge in [-0.25, -0.2) is 4.79 Å². The molecule has 1 amide bonds. The molecule has 1 aromatic heterocycles. The van der Waals surface area contributed by atoms with Gasteiger partial charge in [-0.05, 0) is 33.6 Å². The van der Waals surface area contributed by atoms with E-state index in [-0.39, 0.29) is 31.0 Å². The number of carbonyl (C=O) groups is 2. The van der Waals surface area contributed by atoms with Crippen LogP contribution in [0.4, 0.5) is 0 Å². The van der Waals surface area contributed by atoms with Crippen LogP contribution in [0.15, 0.2) is 4.52 Å². The van der Waals surface area contributed by atoms with Gasteiger partial charge in [-0.1, -0.05) is 18.0 Å². The standard InChI is InChI=1S/C18H29N3O5/c1-18(2,3)25-11-10-13(17(23)24)19-14(22)8-9-15-20-16(21-26-15)12-6-4-5-7-12/h12-13H,4-11H2,1-3H3,(H,19,22)(H,23,24). The summed E-state index contributed by atoms with van der Waals surface area (Å²) in [6, 6.07) is -0.971. The summed E-state index contributed by atoms with van der Waals surface area (Å²) < 4.78 is 10.7. The highest BCUT2D eigenvalue weighted by Crippen LogP contribution is 2.32. The van der Waals surface area contributed by atoms with Crippen molar-refractivity contribution in [2.24, 2.45) is 0 Å². The van der Waals surface area contributed by atoms with Crippen molar-refractivity contribution in [3.05, 3.63) is 11.7 Å². The molecule has 1 aliphatic carbocycles. The molecule has 1 saturated carbocycles. The van der Waals surface area contributed by atoms with E-state index in [1.165, 1.54) is 12.8 Å². The Morgan fingerprint density at radius 1 is 1.35 bits per heavy atom. The minimum atomic E-state index is -1.07. The van der Waals surface area contributed by atoms with Crippen LogP contribution in [0.3, 0.4) is 0 Å². The third-order valence-electron chi connectivity index (χ3n) is 4.34.